The number of hydrogen-bond donors (Lipinski definition) is 2. The summed E-state index contributed by atoms with van der Waals surface area (Å²) in [5, 5.41) is 19.9. The van der Waals surface area contributed by atoms with Crippen LogP contribution in [0.1, 0.15) is 52.5 Å². The Hall–Kier alpha value is -2.30. The van der Waals surface area contributed by atoms with Gasteiger partial charge in [0.25, 0.3) is 0 Å². The first kappa shape index (κ1) is 21.7. The lowest BCUT2D eigenvalue weighted by Crippen LogP contribution is -2.44. The first-order chi connectivity index (χ1) is 12.2. The van der Waals surface area contributed by atoms with Gasteiger partial charge in [-0.3, -0.25) is 9.59 Å². The summed E-state index contributed by atoms with van der Waals surface area (Å²) in [7, 11) is 1.57. The molecular formula is C21H30O5. The van der Waals surface area contributed by atoms with E-state index in [0.29, 0.717) is 17.7 Å². The SMILES string of the molecule is CCC(C)CC(C(=O)O)(C(=O)O)C(=Cc1ccc(OC)cc1)C(C)CC. The molecule has 0 fully saturated rings. The van der Waals surface area contributed by atoms with Crippen molar-refractivity contribution in [3.63, 3.8) is 0 Å². The Bertz CT molecular complexity index is 631. The number of hydrogen-bond acceptors (Lipinski definition) is 3. The van der Waals surface area contributed by atoms with Gasteiger partial charge in [0.05, 0.1) is 7.11 Å². The lowest BCUT2D eigenvalue weighted by molar-refractivity contribution is -0.163. The topological polar surface area (TPSA) is 83.8 Å². The number of methoxy groups -OCH3 is 1. The van der Waals surface area contributed by atoms with Crippen LogP contribution in [-0.2, 0) is 9.59 Å². The van der Waals surface area contributed by atoms with Crippen molar-refractivity contribution in [2.45, 2.75) is 47.0 Å². The third-order valence-electron chi connectivity index (χ3n) is 5.16. The van der Waals surface area contributed by atoms with E-state index in [1.165, 1.54) is 0 Å². The van der Waals surface area contributed by atoms with E-state index in [9.17, 15) is 19.8 Å². The summed E-state index contributed by atoms with van der Waals surface area (Å²) in [6.07, 6.45) is 3.17. The standard InChI is InChI=1S/C21H30O5/c1-6-14(3)13-21(19(22)23,20(24)25)18(15(4)7-2)12-16-8-10-17(26-5)11-9-16/h8-12,14-15H,6-7,13H2,1-5H3,(H,22,23)(H,24,25). The van der Waals surface area contributed by atoms with Crippen molar-refractivity contribution in [3.05, 3.63) is 35.4 Å². The van der Waals surface area contributed by atoms with Gasteiger partial charge in [-0.15, -0.1) is 0 Å². The maximum atomic E-state index is 12.2. The zero-order valence-corrected chi connectivity index (χ0v) is 16.3. The second-order valence-electron chi connectivity index (χ2n) is 6.92. The van der Waals surface area contributed by atoms with Crippen molar-refractivity contribution in [2.24, 2.45) is 17.3 Å². The molecule has 0 amide bonds. The third-order valence-corrected chi connectivity index (χ3v) is 5.16. The van der Waals surface area contributed by atoms with E-state index >= 15 is 0 Å². The molecule has 0 saturated heterocycles. The van der Waals surface area contributed by atoms with Crippen molar-refractivity contribution < 1.29 is 24.5 Å². The molecule has 1 rings (SSSR count). The number of carboxylic acid groups (broad SMARTS) is 2. The Balaban J connectivity index is 3.59. The van der Waals surface area contributed by atoms with Crippen LogP contribution < -0.4 is 4.74 Å². The average Bonchev–Trinajstić information content (AvgIpc) is 2.63. The summed E-state index contributed by atoms with van der Waals surface area (Å²) in [5.41, 5.74) is -0.729. The number of rotatable bonds is 10. The van der Waals surface area contributed by atoms with E-state index in [4.69, 9.17) is 4.74 Å². The van der Waals surface area contributed by atoms with Gasteiger partial charge in [0.1, 0.15) is 5.75 Å². The smallest absolute Gasteiger partial charge is 0.325 e. The second-order valence-corrected chi connectivity index (χ2v) is 6.92. The van der Waals surface area contributed by atoms with E-state index in [1.54, 1.807) is 37.5 Å². The minimum Gasteiger partial charge on any atom is -0.497 e. The van der Waals surface area contributed by atoms with Crippen LogP contribution in [0.15, 0.2) is 29.8 Å². The molecule has 0 radical (unpaired) electrons. The van der Waals surface area contributed by atoms with E-state index in [1.807, 2.05) is 27.7 Å². The average molecular weight is 362 g/mol. The summed E-state index contributed by atoms with van der Waals surface area (Å²) in [5.74, 6) is -2.11. The molecule has 144 valence electrons. The van der Waals surface area contributed by atoms with Crippen molar-refractivity contribution in [2.75, 3.05) is 7.11 Å². The first-order valence-electron chi connectivity index (χ1n) is 9.05. The van der Waals surface area contributed by atoms with E-state index in [0.717, 1.165) is 12.0 Å². The van der Waals surface area contributed by atoms with Gasteiger partial charge in [-0.25, -0.2) is 0 Å². The summed E-state index contributed by atoms with van der Waals surface area (Å²) >= 11 is 0. The minimum absolute atomic E-state index is 0.0227. The third kappa shape index (κ3) is 4.65. The highest BCUT2D eigenvalue weighted by atomic mass is 16.5. The van der Waals surface area contributed by atoms with Gasteiger partial charge in [0, 0.05) is 0 Å². The van der Waals surface area contributed by atoms with Gasteiger partial charge in [0.2, 0.25) is 0 Å². The van der Waals surface area contributed by atoms with Crippen molar-refractivity contribution in [3.8, 4) is 5.75 Å². The van der Waals surface area contributed by atoms with Gasteiger partial charge in [-0.2, -0.15) is 0 Å². The number of aliphatic carboxylic acids is 2. The normalized spacial score (nSPS) is 14.6. The molecule has 2 unspecified atom stereocenters. The highest BCUT2D eigenvalue weighted by molar-refractivity contribution is 6.03. The molecule has 0 aromatic heterocycles. The molecule has 2 N–H and O–H groups in total. The Labute approximate surface area is 155 Å². The first-order valence-corrected chi connectivity index (χ1v) is 9.05. The van der Waals surface area contributed by atoms with E-state index in [-0.39, 0.29) is 18.3 Å². The van der Waals surface area contributed by atoms with Crippen LogP contribution in [0.5, 0.6) is 5.75 Å². The largest absolute Gasteiger partial charge is 0.497 e. The maximum Gasteiger partial charge on any atom is 0.325 e. The zero-order chi connectivity index (χ0) is 19.9. The van der Waals surface area contributed by atoms with Gasteiger partial charge in [-0.05, 0) is 47.9 Å². The van der Waals surface area contributed by atoms with Gasteiger partial charge < -0.3 is 14.9 Å². The molecule has 0 heterocycles. The summed E-state index contributed by atoms with van der Waals surface area (Å²) in [6, 6.07) is 7.16. The molecule has 0 bridgehead atoms. The molecular weight excluding hydrogens is 332 g/mol. The fourth-order valence-corrected chi connectivity index (χ4v) is 3.08. The highest BCUT2D eigenvalue weighted by Gasteiger charge is 2.51. The molecule has 0 saturated carbocycles. The maximum absolute atomic E-state index is 12.2. The van der Waals surface area contributed by atoms with Gasteiger partial charge in [-0.1, -0.05) is 52.3 Å². The number of benzene rings is 1. The molecule has 5 heteroatoms. The Morgan fingerprint density at radius 3 is 2.00 bits per heavy atom. The van der Waals surface area contributed by atoms with Crippen LogP contribution in [0.4, 0.5) is 0 Å². The van der Waals surface area contributed by atoms with Crippen LogP contribution >= 0.6 is 0 Å². The van der Waals surface area contributed by atoms with E-state index < -0.39 is 17.4 Å². The molecule has 1 aromatic rings. The van der Waals surface area contributed by atoms with Gasteiger partial charge in [0.15, 0.2) is 5.41 Å². The Morgan fingerprint density at radius 2 is 1.62 bits per heavy atom. The highest BCUT2D eigenvalue weighted by Crippen LogP contribution is 2.42. The quantitative estimate of drug-likeness (QED) is 0.589. The van der Waals surface area contributed by atoms with Crippen molar-refractivity contribution >= 4 is 18.0 Å². The summed E-state index contributed by atoms with van der Waals surface area (Å²) < 4.78 is 5.14. The lowest BCUT2D eigenvalue weighted by Gasteiger charge is -2.33. The Morgan fingerprint density at radius 1 is 1.08 bits per heavy atom. The summed E-state index contributed by atoms with van der Waals surface area (Å²) in [6.45, 7) is 7.65. The molecule has 5 nitrogen and oxygen atoms in total. The van der Waals surface area contributed by atoms with Crippen molar-refractivity contribution in [1.29, 1.82) is 0 Å². The molecule has 1 aromatic carbocycles. The van der Waals surface area contributed by atoms with Crippen LogP contribution in [0.25, 0.3) is 6.08 Å². The van der Waals surface area contributed by atoms with Crippen LogP contribution in [0, 0.1) is 17.3 Å². The van der Waals surface area contributed by atoms with Crippen LogP contribution in [-0.4, -0.2) is 29.3 Å². The molecule has 0 aliphatic heterocycles. The fourth-order valence-electron chi connectivity index (χ4n) is 3.08. The number of carboxylic acids is 2. The number of ether oxygens (including phenoxy) is 1. The minimum atomic E-state index is -1.93. The lowest BCUT2D eigenvalue weighted by atomic mass is 9.68. The molecule has 26 heavy (non-hydrogen) atoms. The summed E-state index contributed by atoms with van der Waals surface area (Å²) in [4.78, 5) is 24.5. The number of carbonyl (C=O) groups is 2. The fraction of sp³-hybridized carbons (Fsp3) is 0.524. The van der Waals surface area contributed by atoms with Crippen molar-refractivity contribution in [1.82, 2.24) is 0 Å². The predicted molar refractivity (Wildman–Crippen MR) is 102 cm³/mol. The van der Waals surface area contributed by atoms with Crippen LogP contribution in [0.2, 0.25) is 0 Å². The zero-order valence-electron chi connectivity index (χ0n) is 16.3. The Kier molecular flexibility index (Phi) is 7.87. The van der Waals surface area contributed by atoms with Gasteiger partial charge >= 0.3 is 11.9 Å². The molecule has 0 spiro atoms. The molecule has 2 atom stereocenters. The monoisotopic (exact) mass is 362 g/mol. The second kappa shape index (κ2) is 9.41. The van der Waals surface area contributed by atoms with E-state index in [2.05, 4.69) is 0 Å². The molecule has 0 aliphatic rings. The predicted octanol–water partition coefficient (Wildman–Crippen LogP) is 4.72. The van der Waals surface area contributed by atoms with Crippen LogP contribution in [0.3, 0.4) is 0 Å². The molecule has 0 aliphatic carbocycles.